The molecule has 0 fully saturated rings. The number of hydrogen-bond acceptors (Lipinski definition) is 6. The normalized spacial score (nSPS) is 10.3. The smallest absolute Gasteiger partial charge is 0.302 e. The Labute approximate surface area is 151 Å². The number of halogens is 1. The Morgan fingerprint density at radius 3 is 2.76 bits per heavy atom. The van der Waals surface area contributed by atoms with E-state index in [4.69, 9.17) is 20.8 Å². The summed E-state index contributed by atoms with van der Waals surface area (Å²) >= 11 is 7.30. The Morgan fingerprint density at radius 2 is 2.08 bits per heavy atom. The molecule has 2 N–H and O–H groups in total. The summed E-state index contributed by atoms with van der Waals surface area (Å²) in [6.45, 7) is 0. The van der Waals surface area contributed by atoms with Gasteiger partial charge in [-0.1, -0.05) is 17.7 Å². The number of rotatable bonds is 5. The fourth-order valence-electron chi connectivity index (χ4n) is 1.94. The van der Waals surface area contributed by atoms with Crippen LogP contribution in [0.4, 0.5) is 11.7 Å². The number of carbonyl (C=O) groups is 2. The second kappa shape index (κ2) is 7.37. The van der Waals surface area contributed by atoms with Crippen LogP contribution < -0.4 is 15.4 Å². The van der Waals surface area contributed by atoms with Crippen LogP contribution in [-0.2, 0) is 0 Å². The van der Waals surface area contributed by atoms with Crippen molar-refractivity contribution >= 4 is 46.5 Å². The van der Waals surface area contributed by atoms with E-state index in [0.717, 1.165) is 6.26 Å². The third-order valence-corrected chi connectivity index (χ3v) is 4.28. The minimum atomic E-state index is -0.499. The molecule has 2 aromatic heterocycles. The maximum absolute atomic E-state index is 12.2. The third-order valence-electron chi connectivity index (χ3n) is 3.11. The summed E-state index contributed by atoms with van der Waals surface area (Å²) < 4.78 is 10.2. The number of oxazole rings is 1. The first-order chi connectivity index (χ1) is 12.1. The fraction of sp³-hybridized carbons (Fsp3) is 0.0625. The molecule has 0 saturated heterocycles. The van der Waals surface area contributed by atoms with Gasteiger partial charge in [0.2, 0.25) is 0 Å². The summed E-state index contributed by atoms with van der Waals surface area (Å²) in [5.41, 5.74) is 0.497. The van der Waals surface area contributed by atoms with Crippen LogP contribution in [0.15, 0.2) is 46.4 Å². The monoisotopic (exact) mass is 377 g/mol. The lowest BCUT2D eigenvalue weighted by atomic mass is 10.3. The molecule has 0 aliphatic heterocycles. The lowest BCUT2D eigenvalue weighted by Crippen LogP contribution is -2.13. The molecule has 3 rings (SSSR count). The van der Waals surface area contributed by atoms with Gasteiger partial charge in [-0.25, -0.2) is 0 Å². The highest BCUT2D eigenvalue weighted by Gasteiger charge is 2.16. The first-order valence-electron chi connectivity index (χ1n) is 7.02. The number of thiophene rings is 1. The molecule has 7 nitrogen and oxygen atoms in total. The van der Waals surface area contributed by atoms with Crippen LogP contribution in [0, 0.1) is 0 Å². The second-order valence-electron chi connectivity index (χ2n) is 4.77. The van der Waals surface area contributed by atoms with Gasteiger partial charge in [-0.3, -0.25) is 14.9 Å². The van der Waals surface area contributed by atoms with Gasteiger partial charge in [-0.05, 0) is 29.6 Å². The number of methoxy groups -OCH3 is 1. The van der Waals surface area contributed by atoms with Crippen molar-refractivity contribution in [2.45, 2.75) is 0 Å². The number of nitrogens with zero attached hydrogens (tertiary/aromatic N) is 1. The molecule has 2 heterocycles. The number of ether oxygens (including phenoxy) is 1. The van der Waals surface area contributed by atoms with Crippen LogP contribution in [0.3, 0.4) is 0 Å². The number of benzene rings is 1. The minimum Gasteiger partial charge on any atom is -0.495 e. The van der Waals surface area contributed by atoms with Crippen LogP contribution in [0.2, 0.25) is 5.02 Å². The van der Waals surface area contributed by atoms with Crippen molar-refractivity contribution in [1.82, 2.24) is 4.98 Å². The van der Waals surface area contributed by atoms with Gasteiger partial charge in [0.25, 0.3) is 11.8 Å². The van der Waals surface area contributed by atoms with E-state index < -0.39 is 5.91 Å². The summed E-state index contributed by atoms with van der Waals surface area (Å²) in [6.07, 6.45) is 1.16. The zero-order valence-corrected chi connectivity index (χ0v) is 14.5. The number of anilines is 2. The van der Waals surface area contributed by atoms with Gasteiger partial charge in [0.05, 0.1) is 17.0 Å². The maximum Gasteiger partial charge on any atom is 0.302 e. The largest absolute Gasteiger partial charge is 0.495 e. The molecule has 0 spiro atoms. The van der Waals surface area contributed by atoms with Gasteiger partial charge in [0, 0.05) is 5.69 Å². The van der Waals surface area contributed by atoms with Gasteiger partial charge in [-0.15, -0.1) is 11.3 Å². The molecular formula is C16H12ClN3O4S. The van der Waals surface area contributed by atoms with Crippen LogP contribution in [-0.4, -0.2) is 23.9 Å². The zero-order chi connectivity index (χ0) is 17.8. The molecule has 0 atom stereocenters. The van der Waals surface area contributed by atoms with E-state index in [1.54, 1.807) is 35.7 Å². The highest BCUT2D eigenvalue weighted by molar-refractivity contribution is 7.12. The predicted molar refractivity (Wildman–Crippen MR) is 94.7 cm³/mol. The second-order valence-corrected chi connectivity index (χ2v) is 6.13. The molecule has 25 heavy (non-hydrogen) atoms. The molecule has 0 unspecified atom stereocenters. The van der Waals surface area contributed by atoms with E-state index in [2.05, 4.69) is 15.6 Å². The molecule has 3 aromatic rings. The lowest BCUT2D eigenvalue weighted by molar-refractivity contribution is 0.101. The van der Waals surface area contributed by atoms with E-state index in [9.17, 15) is 9.59 Å². The van der Waals surface area contributed by atoms with Gasteiger partial charge in [-0.2, -0.15) is 4.98 Å². The van der Waals surface area contributed by atoms with Crippen molar-refractivity contribution in [2.75, 3.05) is 17.7 Å². The highest BCUT2D eigenvalue weighted by Crippen LogP contribution is 2.27. The van der Waals surface area contributed by atoms with Crippen LogP contribution >= 0.6 is 22.9 Å². The Morgan fingerprint density at radius 1 is 1.24 bits per heavy atom. The number of aromatic nitrogens is 1. The third kappa shape index (κ3) is 3.98. The Bertz CT molecular complexity index is 908. The molecular weight excluding hydrogens is 366 g/mol. The molecule has 9 heteroatoms. The first-order valence-corrected chi connectivity index (χ1v) is 8.28. The average Bonchev–Trinajstić information content (AvgIpc) is 3.27. The summed E-state index contributed by atoms with van der Waals surface area (Å²) in [6, 6.07) is 8.20. The van der Waals surface area contributed by atoms with E-state index in [1.807, 2.05) is 0 Å². The molecule has 1 aromatic carbocycles. The van der Waals surface area contributed by atoms with Crippen LogP contribution in [0.25, 0.3) is 0 Å². The minimum absolute atomic E-state index is 0.0217. The predicted octanol–water partition coefficient (Wildman–Crippen LogP) is 3.90. The lowest BCUT2D eigenvalue weighted by Gasteiger charge is -2.06. The van der Waals surface area contributed by atoms with Crippen molar-refractivity contribution in [3.8, 4) is 5.75 Å². The molecule has 0 saturated carbocycles. The Hall–Kier alpha value is -2.84. The molecule has 0 aliphatic carbocycles. The van der Waals surface area contributed by atoms with Gasteiger partial charge in [0.1, 0.15) is 12.0 Å². The molecule has 0 bridgehead atoms. The van der Waals surface area contributed by atoms with Crippen LogP contribution in [0.1, 0.15) is 20.2 Å². The molecule has 128 valence electrons. The molecule has 0 radical (unpaired) electrons. The van der Waals surface area contributed by atoms with Crippen molar-refractivity contribution in [1.29, 1.82) is 0 Å². The summed E-state index contributed by atoms with van der Waals surface area (Å²) in [4.78, 5) is 28.6. The number of carbonyl (C=O) groups excluding carboxylic acids is 2. The van der Waals surface area contributed by atoms with Crippen molar-refractivity contribution in [3.05, 3.63) is 57.6 Å². The Balaban J connectivity index is 1.66. The summed E-state index contributed by atoms with van der Waals surface area (Å²) in [5, 5.41) is 7.26. The van der Waals surface area contributed by atoms with E-state index in [1.165, 1.54) is 18.4 Å². The molecule has 2 amide bonds. The average molecular weight is 378 g/mol. The maximum atomic E-state index is 12.2. The van der Waals surface area contributed by atoms with Crippen molar-refractivity contribution in [3.63, 3.8) is 0 Å². The molecule has 0 aliphatic rings. The topological polar surface area (TPSA) is 93.5 Å². The van der Waals surface area contributed by atoms with Gasteiger partial charge >= 0.3 is 6.01 Å². The Kier molecular flexibility index (Phi) is 5.01. The van der Waals surface area contributed by atoms with Crippen molar-refractivity contribution < 1.29 is 18.7 Å². The van der Waals surface area contributed by atoms with Gasteiger partial charge in [0.15, 0.2) is 5.69 Å². The highest BCUT2D eigenvalue weighted by atomic mass is 35.5. The number of nitrogens with one attached hydrogen (secondary N) is 2. The zero-order valence-electron chi connectivity index (χ0n) is 12.9. The first kappa shape index (κ1) is 17.0. The fourth-order valence-corrected chi connectivity index (χ4v) is 2.82. The van der Waals surface area contributed by atoms with E-state index in [-0.39, 0.29) is 17.6 Å². The number of amides is 2. The van der Waals surface area contributed by atoms with E-state index >= 15 is 0 Å². The number of hydrogen-bond donors (Lipinski definition) is 2. The van der Waals surface area contributed by atoms with Gasteiger partial charge < -0.3 is 14.5 Å². The SMILES string of the molecule is COc1ccc(NC(=O)c2coc(NC(=O)c3cccs3)n2)cc1Cl. The summed E-state index contributed by atoms with van der Waals surface area (Å²) in [5.74, 6) is -0.355. The van der Waals surface area contributed by atoms with Crippen LogP contribution in [0.5, 0.6) is 5.75 Å². The quantitative estimate of drug-likeness (QED) is 0.703. The summed E-state index contributed by atoms with van der Waals surface area (Å²) in [7, 11) is 1.50. The van der Waals surface area contributed by atoms with Crippen molar-refractivity contribution in [2.24, 2.45) is 0 Å². The standard InChI is InChI=1S/C16H12ClN3O4S/c1-23-12-5-4-9(7-10(12)17)18-14(21)11-8-24-16(19-11)20-15(22)13-3-2-6-25-13/h2-8H,1H3,(H,18,21)(H,19,20,22). The van der Waals surface area contributed by atoms with E-state index in [0.29, 0.717) is 21.3 Å².